The summed E-state index contributed by atoms with van der Waals surface area (Å²) in [6.07, 6.45) is 4.47. The summed E-state index contributed by atoms with van der Waals surface area (Å²) < 4.78 is 6.03. The predicted molar refractivity (Wildman–Crippen MR) is 105 cm³/mol. The molecule has 0 spiro atoms. The molecule has 0 saturated heterocycles. The maximum atomic E-state index is 6.03. The van der Waals surface area contributed by atoms with Gasteiger partial charge in [-0.1, -0.05) is 38.1 Å². The molecule has 0 fully saturated rings. The van der Waals surface area contributed by atoms with Gasteiger partial charge >= 0.3 is 0 Å². The first-order valence-electron chi connectivity index (χ1n) is 9.15. The van der Waals surface area contributed by atoms with Crippen LogP contribution in [0.25, 0.3) is 5.57 Å². The van der Waals surface area contributed by atoms with Crippen molar-refractivity contribution < 1.29 is 9.64 Å². The summed E-state index contributed by atoms with van der Waals surface area (Å²) in [4.78, 5) is 3.62. The van der Waals surface area contributed by atoms with Crippen molar-refractivity contribution in [3.63, 3.8) is 0 Å². The quantitative estimate of drug-likeness (QED) is 0.893. The Balaban J connectivity index is 0.000000880. The molecule has 2 aromatic rings. The van der Waals surface area contributed by atoms with E-state index < -0.39 is 0 Å². The third-order valence-corrected chi connectivity index (χ3v) is 4.66. The van der Waals surface area contributed by atoms with Crippen molar-refractivity contribution in [1.29, 1.82) is 0 Å². The molecule has 0 saturated carbocycles. The minimum absolute atomic E-state index is 0.882. The van der Waals surface area contributed by atoms with Gasteiger partial charge in [0.15, 0.2) is 5.75 Å². The summed E-state index contributed by atoms with van der Waals surface area (Å²) >= 11 is 0. The Labute approximate surface area is 150 Å². The number of hydrogen-bond donors (Lipinski definition) is 1. The molecular formula is C22H27N2O+. The highest BCUT2D eigenvalue weighted by atomic mass is 16.5. The number of hydrogen-bond acceptors (Lipinski definition) is 2. The molecule has 1 atom stereocenters. The predicted octanol–water partition coefficient (Wildman–Crippen LogP) is 4.02. The molecule has 2 aromatic carbocycles. The maximum absolute atomic E-state index is 6.03. The number of anilines is 1. The summed E-state index contributed by atoms with van der Waals surface area (Å²) in [5.74, 6) is 1.80. The number of benzene rings is 2. The standard InChI is InChI=1S/C20H20N2O.C2H6/c1-3-22-13-12-15(16-8-4-5-9-17(16)22)14-20-21(2)18-10-6-7-11-19(18)23-20;1-2/h4-12,14H,3,13H2,1-2H3;1-2H3/p+1/b20-14-;. The molecule has 2 aliphatic rings. The van der Waals surface area contributed by atoms with E-state index in [0.717, 1.165) is 30.4 Å². The van der Waals surface area contributed by atoms with Gasteiger partial charge in [-0.25, -0.2) is 0 Å². The van der Waals surface area contributed by atoms with E-state index in [-0.39, 0.29) is 0 Å². The Morgan fingerprint density at radius 3 is 2.56 bits per heavy atom. The molecule has 1 N–H and O–H groups in total. The fraction of sp³-hybridized carbons (Fsp3) is 0.273. The molecule has 1 unspecified atom stereocenters. The van der Waals surface area contributed by atoms with Crippen molar-refractivity contribution in [3.05, 3.63) is 72.1 Å². The van der Waals surface area contributed by atoms with Crippen LogP contribution in [0.5, 0.6) is 5.75 Å². The van der Waals surface area contributed by atoms with Crippen LogP contribution in [0.1, 0.15) is 26.3 Å². The van der Waals surface area contributed by atoms with Crippen molar-refractivity contribution in [2.45, 2.75) is 20.8 Å². The van der Waals surface area contributed by atoms with Gasteiger partial charge in [0.25, 0.3) is 0 Å². The molecule has 0 bridgehead atoms. The minimum atomic E-state index is 0.882. The molecular weight excluding hydrogens is 308 g/mol. The van der Waals surface area contributed by atoms with Gasteiger partial charge in [0.1, 0.15) is 12.2 Å². The van der Waals surface area contributed by atoms with E-state index in [1.165, 1.54) is 21.7 Å². The highest BCUT2D eigenvalue weighted by Crippen LogP contribution is 2.38. The van der Waals surface area contributed by atoms with E-state index in [2.05, 4.69) is 61.4 Å². The smallest absolute Gasteiger partial charge is 0.201 e. The number of rotatable bonds is 2. The van der Waals surface area contributed by atoms with Crippen LogP contribution in [0.3, 0.4) is 0 Å². The fourth-order valence-electron chi connectivity index (χ4n) is 3.35. The third-order valence-electron chi connectivity index (χ3n) is 4.66. The molecule has 2 heterocycles. The highest BCUT2D eigenvalue weighted by molar-refractivity contribution is 5.82. The SMILES string of the molecule is CC.CC[NH+]1CC=C(/C=C2\Oc3ccccc3N2C)c2ccccc21. The summed E-state index contributed by atoms with van der Waals surface area (Å²) in [6, 6.07) is 16.8. The second kappa shape index (κ2) is 7.58. The van der Waals surface area contributed by atoms with Crippen molar-refractivity contribution >= 4 is 16.9 Å². The molecule has 3 nitrogen and oxygen atoms in total. The van der Waals surface area contributed by atoms with Crippen LogP contribution < -0.4 is 14.5 Å². The number of quaternary nitrogens is 1. The number of likely N-dealkylation sites (N-methyl/N-ethyl adjacent to an activating group) is 1. The molecule has 4 rings (SSSR count). The summed E-state index contributed by atoms with van der Waals surface area (Å²) in [7, 11) is 2.05. The molecule has 0 aromatic heterocycles. The number of ether oxygens (including phenoxy) is 1. The van der Waals surface area contributed by atoms with Gasteiger partial charge in [0.05, 0.1) is 12.2 Å². The monoisotopic (exact) mass is 335 g/mol. The van der Waals surface area contributed by atoms with Crippen LogP contribution in [-0.4, -0.2) is 20.1 Å². The van der Waals surface area contributed by atoms with Gasteiger partial charge in [0, 0.05) is 18.7 Å². The van der Waals surface area contributed by atoms with E-state index in [4.69, 9.17) is 4.74 Å². The van der Waals surface area contributed by atoms with Crippen LogP contribution in [0, 0.1) is 0 Å². The molecule has 3 heteroatoms. The van der Waals surface area contributed by atoms with Crippen LogP contribution in [0.2, 0.25) is 0 Å². The van der Waals surface area contributed by atoms with E-state index in [1.54, 1.807) is 0 Å². The van der Waals surface area contributed by atoms with Crippen LogP contribution >= 0.6 is 0 Å². The van der Waals surface area contributed by atoms with Crippen molar-refractivity contribution in [2.24, 2.45) is 0 Å². The van der Waals surface area contributed by atoms with Gasteiger partial charge in [-0.2, -0.15) is 0 Å². The van der Waals surface area contributed by atoms with Gasteiger partial charge in [-0.05, 0) is 42.8 Å². The Morgan fingerprint density at radius 2 is 1.80 bits per heavy atom. The molecule has 2 aliphatic heterocycles. The van der Waals surface area contributed by atoms with Crippen molar-refractivity contribution in [3.8, 4) is 5.75 Å². The Hall–Kier alpha value is -2.52. The highest BCUT2D eigenvalue weighted by Gasteiger charge is 2.25. The molecule has 25 heavy (non-hydrogen) atoms. The molecule has 0 aliphatic carbocycles. The summed E-state index contributed by atoms with van der Waals surface area (Å²) in [5, 5.41) is 0. The number of para-hydroxylation sites is 3. The largest absolute Gasteiger partial charge is 0.439 e. The van der Waals surface area contributed by atoms with Gasteiger partial charge in [0.2, 0.25) is 5.88 Å². The number of nitrogens with one attached hydrogen (secondary N) is 1. The second-order valence-corrected chi connectivity index (χ2v) is 5.98. The van der Waals surface area contributed by atoms with E-state index in [0.29, 0.717) is 0 Å². The van der Waals surface area contributed by atoms with Crippen LogP contribution in [0.15, 0.2) is 66.6 Å². The lowest BCUT2D eigenvalue weighted by atomic mass is 9.99. The first kappa shape index (κ1) is 17.3. The van der Waals surface area contributed by atoms with E-state index in [9.17, 15) is 0 Å². The fourth-order valence-corrected chi connectivity index (χ4v) is 3.35. The normalized spacial score (nSPS) is 19.4. The zero-order valence-corrected chi connectivity index (χ0v) is 15.5. The average Bonchev–Trinajstić information content (AvgIpc) is 3.00. The zero-order valence-electron chi connectivity index (χ0n) is 15.5. The molecule has 0 radical (unpaired) electrons. The summed E-state index contributed by atoms with van der Waals surface area (Å²) in [6.45, 7) is 8.34. The Kier molecular flexibility index (Phi) is 5.25. The zero-order chi connectivity index (χ0) is 17.8. The number of fused-ring (bicyclic) bond motifs is 2. The first-order chi connectivity index (χ1) is 12.3. The topological polar surface area (TPSA) is 16.9 Å². The van der Waals surface area contributed by atoms with Crippen LogP contribution in [-0.2, 0) is 0 Å². The second-order valence-electron chi connectivity index (χ2n) is 5.98. The molecule has 130 valence electrons. The number of allylic oxidation sites excluding steroid dienone is 2. The lowest BCUT2D eigenvalue weighted by Gasteiger charge is -2.24. The van der Waals surface area contributed by atoms with Gasteiger partial charge in [-0.3, -0.25) is 4.90 Å². The van der Waals surface area contributed by atoms with Crippen LogP contribution in [0.4, 0.5) is 11.4 Å². The van der Waals surface area contributed by atoms with Crippen molar-refractivity contribution in [1.82, 2.24) is 0 Å². The van der Waals surface area contributed by atoms with Gasteiger partial charge < -0.3 is 9.64 Å². The number of nitrogens with zero attached hydrogens (tertiary/aromatic N) is 1. The summed E-state index contributed by atoms with van der Waals surface area (Å²) in [5.41, 5.74) is 5.04. The minimum Gasteiger partial charge on any atom is -0.439 e. The lowest BCUT2D eigenvalue weighted by Crippen LogP contribution is -3.07. The van der Waals surface area contributed by atoms with E-state index in [1.807, 2.05) is 32.0 Å². The maximum Gasteiger partial charge on any atom is 0.201 e. The van der Waals surface area contributed by atoms with E-state index >= 15 is 0 Å². The third kappa shape index (κ3) is 3.20. The van der Waals surface area contributed by atoms with Crippen molar-refractivity contribution in [2.75, 3.05) is 25.0 Å². The molecule has 0 amide bonds. The Bertz CT molecular complexity index is 807. The first-order valence-corrected chi connectivity index (χ1v) is 9.15. The average molecular weight is 335 g/mol. The van der Waals surface area contributed by atoms with Gasteiger partial charge in [-0.15, -0.1) is 0 Å². The lowest BCUT2D eigenvalue weighted by molar-refractivity contribution is -0.824. The Morgan fingerprint density at radius 1 is 1.08 bits per heavy atom.